The average Bonchev–Trinajstić information content (AvgIpc) is 3.52. The van der Waals surface area contributed by atoms with Gasteiger partial charge in [0.05, 0.1) is 17.7 Å². The van der Waals surface area contributed by atoms with Gasteiger partial charge in [-0.15, -0.1) is 0 Å². The second-order valence-corrected chi connectivity index (χ2v) is 9.94. The number of allylic oxidation sites excluding steroid dienone is 5. The maximum absolute atomic E-state index is 13.2. The van der Waals surface area contributed by atoms with Gasteiger partial charge in [0.2, 0.25) is 5.91 Å². The average molecular weight is 408 g/mol. The standard InChI is InChI=1S/C26H37N3O/c1-6-21(12-10-19-11-13-23(28-17-19)25(3,4)5)29-24(30)26(14-15-26)20-9-7-8-18(2)22(27)16-20/h6,8,10,16,27H,7,9,11-15,17H2,1-5H3,(H,29,30). The molecule has 1 fully saturated rings. The minimum absolute atomic E-state index is 0.101. The first kappa shape index (κ1) is 22.5. The van der Waals surface area contributed by atoms with E-state index in [9.17, 15) is 4.79 Å². The molecule has 1 amide bonds. The summed E-state index contributed by atoms with van der Waals surface area (Å²) < 4.78 is 0. The molecule has 3 rings (SSSR count). The van der Waals surface area contributed by atoms with Crippen LogP contribution in [0.15, 0.2) is 51.7 Å². The normalized spacial score (nSPS) is 23.4. The summed E-state index contributed by atoms with van der Waals surface area (Å²) in [7, 11) is 0. The van der Waals surface area contributed by atoms with Gasteiger partial charge in [0.25, 0.3) is 0 Å². The highest BCUT2D eigenvalue weighted by atomic mass is 16.2. The topological polar surface area (TPSA) is 65.3 Å². The molecule has 0 aromatic carbocycles. The molecule has 4 heteroatoms. The molecule has 1 heterocycles. The van der Waals surface area contributed by atoms with E-state index in [1.165, 1.54) is 11.3 Å². The van der Waals surface area contributed by atoms with Gasteiger partial charge in [-0.05, 0) is 69.4 Å². The lowest BCUT2D eigenvalue weighted by molar-refractivity contribution is -0.124. The highest BCUT2D eigenvalue weighted by Crippen LogP contribution is 2.54. The van der Waals surface area contributed by atoms with Gasteiger partial charge < -0.3 is 10.7 Å². The minimum Gasteiger partial charge on any atom is -0.329 e. The molecule has 0 unspecified atom stereocenters. The van der Waals surface area contributed by atoms with Crippen molar-refractivity contribution in [2.75, 3.05) is 6.54 Å². The van der Waals surface area contributed by atoms with Crippen LogP contribution in [0, 0.1) is 16.2 Å². The molecule has 0 bridgehead atoms. The summed E-state index contributed by atoms with van der Waals surface area (Å²) in [4.78, 5) is 18.0. The summed E-state index contributed by atoms with van der Waals surface area (Å²) in [6.45, 7) is 11.4. The molecule has 0 aromatic heterocycles. The number of nitrogens with zero attached hydrogens (tertiary/aromatic N) is 1. The van der Waals surface area contributed by atoms with Gasteiger partial charge in [-0.2, -0.15) is 0 Å². The van der Waals surface area contributed by atoms with Crippen LogP contribution in [-0.4, -0.2) is 23.9 Å². The van der Waals surface area contributed by atoms with Crippen molar-refractivity contribution in [2.24, 2.45) is 15.8 Å². The van der Waals surface area contributed by atoms with E-state index in [0.29, 0.717) is 5.71 Å². The maximum atomic E-state index is 13.2. The Morgan fingerprint density at radius 2 is 2.00 bits per heavy atom. The van der Waals surface area contributed by atoms with Gasteiger partial charge in [-0.3, -0.25) is 9.79 Å². The van der Waals surface area contributed by atoms with Crippen molar-refractivity contribution in [3.63, 3.8) is 0 Å². The lowest BCUT2D eigenvalue weighted by atomic mass is 9.84. The monoisotopic (exact) mass is 407 g/mol. The summed E-state index contributed by atoms with van der Waals surface area (Å²) in [6.07, 6.45) is 14.7. The molecule has 162 valence electrons. The lowest BCUT2D eigenvalue weighted by Gasteiger charge is -2.25. The molecule has 2 aliphatic carbocycles. The van der Waals surface area contributed by atoms with E-state index in [1.54, 1.807) is 0 Å². The van der Waals surface area contributed by atoms with E-state index in [-0.39, 0.29) is 11.3 Å². The highest BCUT2D eigenvalue weighted by molar-refractivity contribution is 6.07. The Balaban J connectivity index is 1.62. The highest BCUT2D eigenvalue weighted by Gasteiger charge is 2.52. The van der Waals surface area contributed by atoms with Crippen LogP contribution >= 0.6 is 0 Å². The molecule has 1 saturated carbocycles. The molecule has 4 nitrogen and oxygen atoms in total. The Bertz CT molecular complexity index is 870. The lowest BCUT2D eigenvalue weighted by Crippen LogP contribution is -2.33. The minimum atomic E-state index is -0.400. The molecular weight excluding hydrogens is 370 g/mol. The summed E-state index contributed by atoms with van der Waals surface area (Å²) in [6, 6.07) is 0. The molecular formula is C26H37N3O. The van der Waals surface area contributed by atoms with Crippen molar-refractivity contribution in [3.05, 3.63) is 46.7 Å². The zero-order chi connectivity index (χ0) is 21.9. The van der Waals surface area contributed by atoms with Crippen LogP contribution in [0.3, 0.4) is 0 Å². The van der Waals surface area contributed by atoms with E-state index in [4.69, 9.17) is 10.4 Å². The fourth-order valence-corrected chi connectivity index (χ4v) is 4.28. The molecule has 0 spiro atoms. The van der Waals surface area contributed by atoms with Crippen LogP contribution in [0.2, 0.25) is 0 Å². The predicted molar refractivity (Wildman–Crippen MR) is 126 cm³/mol. The van der Waals surface area contributed by atoms with Gasteiger partial charge in [0.1, 0.15) is 0 Å². The zero-order valence-electron chi connectivity index (χ0n) is 19.3. The van der Waals surface area contributed by atoms with Crippen molar-refractivity contribution in [3.8, 4) is 0 Å². The molecule has 0 saturated heterocycles. The number of hydrogen-bond donors (Lipinski definition) is 2. The fraction of sp³-hybridized carbons (Fsp3) is 0.577. The molecule has 30 heavy (non-hydrogen) atoms. The van der Waals surface area contributed by atoms with Crippen LogP contribution in [0.5, 0.6) is 0 Å². The molecule has 0 aromatic rings. The van der Waals surface area contributed by atoms with Crippen molar-refractivity contribution in [1.29, 1.82) is 5.41 Å². The molecule has 1 aliphatic heterocycles. The summed E-state index contributed by atoms with van der Waals surface area (Å²) in [5.74, 6) is 0.101. The smallest absolute Gasteiger partial charge is 0.234 e. The molecule has 0 atom stereocenters. The second kappa shape index (κ2) is 8.87. The maximum Gasteiger partial charge on any atom is 0.234 e. The van der Waals surface area contributed by atoms with Gasteiger partial charge in [-0.1, -0.05) is 50.1 Å². The predicted octanol–water partition coefficient (Wildman–Crippen LogP) is 6.07. The molecule has 0 radical (unpaired) electrons. The van der Waals surface area contributed by atoms with Crippen LogP contribution in [0.25, 0.3) is 0 Å². The third kappa shape index (κ3) is 5.08. The Hall–Kier alpha value is -2.23. The van der Waals surface area contributed by atoms with E-state index >= 15 is 0 Å². The number of rotatable bonds is 5. The Kier molecular flexibility index (Phi) is 6.64. The van der Waals surface area contributed by atoms with E-state index < -0.39 is 5.41 Å². The van der Waals surface area contributed by atoms with Crippen molar-refractivity contribution >= 4 is 17.3 Å². The SMILES string of the molecule is CC=C(CC=C1CCC(C(C)(C)C)=NC1)NC(=O)C1(C2=CC(=N)C(C)=CCC2)CC1. The molecule has 2 N–H and O–H groups in total. The third-order valence-electron chi connectivity index (χ3n) is 6.66. The summed E-state index contributed by atoms with van der Waals surface area (Å²) >= 11 is 0. The van der Waals surface area contributed by atoms with E-state index in [2.05, 4.69) is 38.2 Å². The zero-order valence-corrected chi connectivity index (χ0v) is 19.3. The van der Waals surface area contributed by atoms with E-state index in [1.807, 2.05) is 26.0 Å². The van der Waals surface area contributed by atoms with Crippen LogP contribution in [0.4, 0.5) is 0 Å². The van der Waals surface area contributed by atoms with Gasteiger partial charge in [-0.25, -0.2) is 0 Å². The van der Waals surface area contributed by atoms with Crippen LogP contribution < -0.4 is 5.32 Å². The van der Waals surface area contributed by atoms with E-state index in [0.717, 1.165) is 68.3 Å². The van der Waals surface area contributed by atoms with Crippen molar-refractivity contribution in [1.82, 2.24) is 5.32 Å². The first-order valence-corrected chi connectivity index (χ1v) is 11.3. The van der Waals surface area contributed by atoms with Gasteiger partial charge in [0, 0.05) is 17.8 Å². The number of carbonyl (C=O) groups is 1. The van der Waals surface area contributed by atoms with Gasteiger partial charge in [0.15, 0.2) is 0 Å². The van der Waals surface area contributed by atoms with Gasteiger partial charge >= 0.3 is 0 Å². The largest absolute Gasteiger partial charge is 0.329 e. The second-order valence-electron chi connectivity index (χ2n) is 9.94. The number of amides is 1. The summed E-state index contributed by atoms with van der Waals surface area (Å²) in [5, 5.41) is 11.4. The Morgan fingerprint density at radius 1 is 1.27 bits per heavy atom. The first-order chi connectivity index (χ1) is 14.2. The number of hydrogen-bond acceptors (Lipinski definition) is 3. The fourth-order valence-electron chi connectivity index (χ4n) is 4.28. The number of carbonyl (C=O) groups excluding carboxylic acids is 1. The first-order valence-electron chi connectivity index (χ1n) is 11.3. The number of aliphatic imine (C=N–C) groups is 1. The molecule has 3 aliphatic rings. The third-order valence-corrected chi connectivity index (χ3v) is 6.66. The Morgan fingerprint density at radius 3 is 2.57 bits per heavy atom. The van der Waals surface area contributed by atoms with Crippen molar-refractivity contribution in [2.45, 2.75) is 79.6 Å². The van der Waals surface area contributed by atoms with Crippen LogP contribution in [0.1, 0.15) is 79.6 Å². The Labute approximate surface area is 181 Å². The van der Waals surface area contributed by atoms with Crippen LogP contribution in [-0.2, 0) is 4.79 Å². The summed E-state index contributed by atoms with van der Waals surface area (Å²) in [5.41, 5.74) is 6.07. The quantitative estimate of drug-likeness (QED) is 0.534. The van der Waals surface area contributed by atoms with Crippen molar-refractivity contribution < 1.29 is 4.79 Å². The number of nitrogens with one attached hydrogen (secondary N) is 2.